The third-order valence-corrected chi connectivity index (χ3v) is 7.58. The molecule has 1 aromatic heterocycles. The van der Waals surface area contributed by atoms with Gasteiger partial charge in [0.2, 0.25) is 5.88 Å². The lowest BCUT2D eigenvalue weighted by Gasteiger charge is -2.28. The molecule has 2 aliphatic rings. The molecule has 4 rings (SSSR count). The van der Waals surface area contributed by atoms with Crippen LogP contribution in [-0.4, -0.2) is 23.3 Å². The van der Waals surface area contributed by atoms with Gasteiger partial charge in [-0.3, -0.25) is 0 Å². The lowest BCUT2D eigenvalue weighted by molar-refractivity contribution is -0.139. The second-order valence-electron chi connectivity index (χ2n) is 8.53. The van der Waals surface area contributed by atoms with E-state index in [1.807, 2.05) is 12.1 Å². The molecule has 1 atom stereocenters. The SMILES string of the molecule is CCOC(=O)C1=C(CSc2nc3c(cc2C#N)CCCCC3)OC(N)=C(C#N)C1c1c(F)cccc1Cl. The molecule has 1 unspecified atom stereocenters. The number of nitrogens with zero attached hydrogens (tertiary/aromatic N) is 3. The van der Waals surface area contributed by atoms with Gasteiger partial charge in [0.25, 0.3) is 0 Å². The summed E-state index contributed by atoms with van der Waals surface area (Å²) >= 11 is 7.54. The Morgan fingerprint density at radius 3 is 2.78 bits per heavy atom. The molecule has 1 aliphatic heterocycles. The number of nitrogens with two attached hydrogens (primary N) is 1. The first kappa shape index (κ1) is 26.5. The molecule has 37 heavy (non-hydrogen) atoms. The molecule has 1 aliphatic carbocycles. The van der Waals surface area contributed by atoms with E-state index in [0.717, 1.165) is 43.4 Å². The van der Waals surface area contributed by atoms with Crippen molar-refractivity contribution in [2.75, 3.05) is 12.4 Å². The summed E-state index contributed by atoms with van der Waals surface area (Å²) in [4.78, 5) is 17.9. The zero-order chi connectivity index (χ0) is 26.5. The summed E-state index contributed by atoms with van der Waals surface area (Å²) in [6, 6.07) is 10.1. The Labute approximate surface area is 223 Å². The van der Waals surface area contributed by atoms with Crippen LogP contribution in [0.15, 0.2) is 52.1 Å². The minimum absolute atomic E-state index is 0.0282. The number of fused-ring (bicyclic) bond motifs is 1. The first-order valence-corrected chi connectivity index (χ1v) is 13.2. The Morgan fingerprint density at radius 2 is 2.08 bits per heavy atom. The molecule has 7 nitrogen and oxygen atoms in total. The van der Waals surface area contributed by atoms with E-state index in [1.165, 1.54) is 30.0 Å². The van der Waals surface area contributed by atoms with Crippen LogP contribution in [0.25, 0.3) is 0 Å². The lowest BCUT2D eigenvalue weighted by Crippen LogP contribution is -2.27. The maximum absolute atomic E-state index is 15.0. The quantitative estimate of drug-likeness (QED) is 0.293. The van der Waals surface area contributed by atoms with E-state index in [2.05, 4.69) is 6.07 Å². The molecule has 0 spiro atoms. The molecule has 2 N–H and O–H groups in total. The third-order valence-electron chi connectivity index (χ3n) is 6.26. The van der Waals surface area contributed by atoms with E-state index in [9.17, 15) is 15.3 Å². The van der Waals surface area contributed by atoms with Crippen molar-refractivity contribution < 1.29 is 18.7 Å². The number of allylic oxidation sites excluding steroid dienone is 1. The van der Waals surface area contributed by atoms with E-state index in [0.29, 0.717) is 10.6 Å². The number of hydrogen-bond donors (Lipinski definition) is 1. The van der Waals surface area contributed by atoms with Crippen LogP contribution in [0.1, 0.15) is 54.5 Å². The van der Waals surface area contributed by atoms with E-state index in [1.54, 1.807) is 6.92 Å². The number of esters is 1. The summed E-state index contributed by atoms with van der Waals surface area (Å²) in [5.41, 5.74) is 8.27. The highest BCUT2D eigenvalue weighted by atomic mass is 35.5. The number of carbonyl (C=O) groups is 1. The highest BCUT2D eigenvalue weighted by molar-refractivity contribution is 7.99. The van der Waals surface area contributed by atoms with Crippen LogP contribution in [0.2, 0.25) is 5.02 Å². The Balaban J connectivity index is 1.80. The van der Waals surface area contributed by atoms with E-state index in [4.69, 9.17) is 31.8 Å². The topological polar surface area (TPSA) is 122 Å². The Hall–Kier alpha value is -3.53. The zero-order valence-electron chi connectivity index (χ0n) is 20.1. The summed E-state index contributed by atoms with van der Waals surface area (Å²) < 4.78 is 26.1. The van der Waals surface area contributed by atoms with Gasteiger partial charge in [-0.05, 0) is 56.4 Å². The van der Waals surface area contributed by atoms with Gasteiger partial charge in [-0.25, -0.2) is 14.2 Å². The molecule has 0 bridgehead atoms. The maximum Gasteiger partial charge on any atom is 0.338 e. The summed E-state index contributed by atoms with van der Waals surface area (Å²) in [7, 11) is 0. The third kappa shape index (κ3) is 5.44. The van der Waals surface area contributed by atoms with Gasteiger partial charge in [-0.2, -0.15) is 10.5 Å². The van der Waals surface area contributed by atoms with Crippen molar-refractivity contribution in [2.45, 2.75) is 50.0 Å². The fourth-order valence-corrected chi connectivity index (χ4v) is 5.74. The predicted octanol–water partition coefficient (Wildman–Crippen LogP) is 5.43. The molecule has 0 fully saturated rings. The molecule has 1 aromatic carbocycles. The lowest BCUT2D eigenvalue weighted by atomic mass is 9.82. The van der Waals surface area contributed by atoms with Crippen molar-refractivity contribution in [2.24, 2.45) is 5.73 Å². The van der Waals surface area contributed by atoms with Crippen molar-refractivity contribution in [1.29, 1.82) is 10.5 Å². The number of thioether (sulfide) groups is 1. The molecule has 0 saturated heterocycles. The van der Waals surface area contributed by atoms with Crippen LogP contribution in [0.4, 0.5) is 4.39 Å². The van der Waals surface area contributed by atoms with Crippen LogP contribution in [0, 0.1) is 28.5 Å². The molecular weight excluding hydrogens is 515 g/mol. The number of rotatable bonds is 6. The van der Waals surface area contributed by atoms with E-state index >= 15 is 4.39 Å². The highest BCUT2D eigenvalue weighted by Crippen LogP contribution is 2.44. The minimum Gasteiger partial charge on any atom is -0.463 e. The van der Waals surface area contributed by atoms with E-state index < -0.39 is 17.7 Å². The van der Waals surface area contributed by atoms with E-state index in [-0.39, 0.29) is 45.7 Å². The Kier molecular flexibility index (Phi) is 8.38. The van der Waals surface area contributed by atoms with Gasteiger partial charge in [0, 0.05) is 16.3 Å². The fraction of sp³-hybridized carbons (Fsp3) is 0.333. The second-order valence-corrected chi connectivity index (χ2v) is 9.90. The maximum atomic E-state index is 15.0. The number of pyridine rings is 1. The van der Waals surface area contributed by atoms with Crippen LogP contribution in [0.3, 0.4) is 0 Å². The van der Waals surface area contributed by atoms with Crippen LogP contribution in [0.5, 0.6) is 0 Å². The normalized spacial score (nSPS) is 17.3. The van der Waals surface area contributed by atoms with Gasteiger partial charge in [0.15, 0.2) is 0 Å². The summed E-state index contributed by atoms with van der Waals surface area (Å²) in [5, 5.41) is 20.1. The second kappa shape index (κ2) is 11.7. The summed E-state index contributed by atoms with van der Waals surface area (Å²) in [5.74, 6) is -2.84. The molecule has 190 valence electrons. The number of nitriles is 2. The largest absolute Gasteiger partial charge is 0.463 e. The summed E-state index contributed by atoms with van der Waals surface area (Å²) in [6.07, 6.45) is 4.91. The van der Waals surface area contributed by atoms with Crippen molar-refractivity contribution >= 4 is 29.3 Å². The highest BCUT2D eigenvalue weighted by Gasteiger charge is 2.40. The van der Waals surface area contributed by atoms with Crippen molar-refractivity contribution in [3.63, 3.8) is 0 Å². The number of aromatic nitrogens is 1. The van der Waals surface area contributed by atoms with Crippen molar-refractivity contribution in [3.05, 3.63) is 80.3 Å². The van der Waals surface area contributed by atoms with Crippen LogP contribution >= 0.6 is 23.4 Å². The molecule has 0 amide bonds. The molecule has 0 saturated carbocycles. The van der Waals surface area contributed by atoms with Crippen molar-refractivity contribution in [3.8, 4) is 12.1 Å². The summed E-state index contributed by atoms with van der Waals surface area (Å²) in [6.45, 7) is 1.68. The molecule has 2 aromatic rings. The fourth-order valence-electron chi connectivity index (χ4n) is 4.55. The Bertz CT molecular complexity index is 1370. The predicted molar refractivity (Wildman–Crippen MR) is 137 cm³/mol. The van der Waals surface area contributed by atoms with Crippen LogP contribution < -0.4 is 5.73 Å². The number of carbonyl (C=O) groups excluding carboxylic acids is 1. The molecule has 2 heterocycles. The number of ether oxygens (including phenoxy) is 2. The Morgan fingerprint density at radius 1 is 1.30 bits per heavy atom. The first-order valence-electron chi connectivity index (χ1n) is 11.9. The monoisotopic (exact) mass is 538 g/mol. The van der Waals surface area contributed by atoms with Gasteiger partial charge in [-0.1, -0.05) is 35.9 Å². The molecular formula is C27H24ClFN4O3S. The number of halogens is 2. The van der Waals surface area contributed by atoms with Crippen LogP contribution in [-0.2, 0) is 27.1 Å². The number of benzene rings is 1. The van der Waals surface area contributed by atoms with Gasteiger partial charge >= 0.3 is 5.97 Å². The average molecular weight is 539 g/mol. The first-order chi connectivity index (χ1) is 17.9. The molecule has 0 radical (unpaired) electrons. The molecule has 10 heteroatoms. The van der Waals surface area contributed by atoms with Gasteiger partial charge in [-0.15, -0.1) is 0 Å². The smallest absolute Gasteiger partial charge is 0.338 e. The standard InChI is InChI=1S/C27H24ClFN4O3S/c1-2-35-27(34)24-21(14-37-26-16(12-30)11-15-7-4-3-5-10-20(15)33-26)36-25(32)17(13-31)22(24)23-18(28)8-6-9-19(23)29/h6,8-9,11,22H,2-5,7,10,14,32H2,1H3. The number of aryl methyl sites for hydroxylation is 2. The zero-order valence-corrected chi connectivity index (χ0v) is 21.7. The van der Waals surface area contributed by atoms with Gasteiger partial charge < -0.3 is 15.2 Å². The van der Waals surface area contributed by atoms with Crippen molar-refractivity contribution in [1.82, 2.24) is 4.98 Å². The van der Waals surface area contributed by atoms with Gasteiger partial charge in [0.1, 0.15) is 34.3 Å². The average Bonchev–Trinajstić information content (AvgIpc) is 3.11. The van der Waals surface area contributed by atoms with Gasteiger partial charge in [0.05, 0.1) is 29.4 Å². The minimum atomic E-state index is -1.22. The number of hydrogen-bond acceptors (Lipinski definition) is 8.